The quantitative estimate of drug-likeness (QED) is 0.646. The maximum Gasteiger partial charge on any atom is 0.326 e. The summed E-state index contributed by atoms with van der Waals surface area (Å²) in [5.74, 6) is -1.44. The van der Waals surface area contributed by atoms with Crippen molar-refractivity contribution < 1.29 is 28.7 Å². The molecule has 0 spiro atoms. The van der Waals surface area contributed by atoms with Crippen molar-refractivity contribution in [1.82, 2.24) is 10.6 Å². The van der Waals surface area contributed by atoms with E-state index in [4.69, 9.17) is 9.47 Å². The maximum atomic E-state index is 12.2. The van der Waals surface area contributed by atoms with Gasteiger partial charge in [-0.3, -0.25) is 24.1 Å². The lowest BCUT2D eigenvalue weighted by Gasteiger charge is -2.21. The van der Waals surface area contributed by atoms with Gasteiger partial charge in [-0.2, -0.15) is 0 Å². The highest BCUT2D eigenvalue weighted by molar-refractivity contribution is 5.99. The third kappa shape index (κ3) is 5.70. The fourth-order valence-electron chi connectivity index (χ4n) is 2.49. The predicted octanol–water partition coefficient (Wildman–Crippen LogP) is -0.0139. The minimum absolute atomic E-state index is 0.131. The second-order valence-corrected chi connectivity index (χ2v) is 5.89. The molecule has 2 rings (SSSR count). The molecule has 1 aliphatic rings. The number of amides is 3. The van der Waals surface area contributed by atoms with E-state index in [9.17, 15) is 19.2 Å². The zero-order valence-electron chi connectivity index (χ0n) is 15.3. The molecule has 0 saturated heterocycles. The number of esters is 1. The Balaban J connectivity index is 1.89. The number of benzene rings is 1. The molecule has 0 bridgehead atoms. The normalized spacial score (nSPS) is 14.3. The van der Waals surface area contributed by atoms with Gasteiger partial charge in [-0.1, -0.05) is 12.1 Å². The zero-order valence-corrected chi connectivity index (χ0v) is 15.3. The SMILES string of the molecule is CCNC(=O)[C@@H](C)NC(=O)COC(=O)CN1C(=O)CCOc2ccccc21. The number of fused-ring (bicyclic) bond motifs is 1. The van der Waals surface area contributed by atoms with Gasteiger partial charge < -0.3 is 20.1 Å². The maximum absolute atomic E-state index is 12.2. The second kappa shape index (κ2) is 9.56. The van der Waals surface area contributed by atoms with Crippen LogP contribution in [0.5, 0.6) is 5.75 Å². The lowest BCUT2D eigenvalue weighted by atomic mass is 10.2. The molecule has 1 aromatic rings. The summed E-state index contributed by atoms with van der Waals surface area (Å²) in [5, 5.41) is 5.00. The third-order valence-corrected chi connectivity index (χ3v) is 3.80. The molecule has 146 valence electrons. The van der Waals surface area contributed by atoms with Crippen molar-refractivity contribution in [3.63, 3.8) is 0 Å². The van der Waals surface area contributed by atoms with Crippen LogP contribution >= 0.6 is 0 Å². The van der Waals surface area contributed by atoms with E-state index < -0.39 is 24.5 Å². The van der Waals surface area contributed by atoms with Gasteiger partial charge in [0.25, 0.3) is 5.91 Å². The van der Waals surface area contributed by atoms with Crippen molar-refractivity contribution in [3.8, 4) is 5.75 Å². The molecule has 0 fully saturated rings. The minimum atomic E-state index is -0.743. The van der Waals surface area contributed by atoms with Crippen molar-refractivity contribution in [2.24, 2.45) is 0 Å². The number of nitrogens with one attached hydrogen (secondary N) is 2. The Kier molecular flexibility index (Phi) is 7.16. The fraction of sp³-hybridized carbons (Fsp3) is 0.444. The van der Waals surface area contributed by atoms with Gasteiger partial charge in [0.1, 0.15) is 18.3 Å². The molecule has 0 aliphatic carbocycles. The van der Waals surface area contributed by atoms with Crippen molar-refractivity contribution in [3.05, 3.63) is 24.3 Å². The Bertz CT molecular complexity index is 721. The van der Waals surface area contributed by atoms with Crippen LogP contribution in [0.3, 0.4) is 0 Å². The van der Waals surface area contributed by atoms with Gasteiger partial charge in [-0.05, 0) is 26.0 Å². The van der Waals surface area contributed by atoms with Gasteiger partial charge in [0.2, 0.25) is 11.8 Å². The van der Waals surface area contributed by atoms with E-state index in [1.165, 1.54) is 11.8 Å². The highest BCUT2D eigenvalue weighted by atomic mass is 16.5. The number of likely N-dealkylation sites (N-methyl/N-ethyl adjacent to an activating group) is 1. The van der Waals surface area contributed by atoms with Gasteiger partial charge >= 0.3 is 5.97 Å². The van der Waals surface area contributed by atoms with Crippen molar-refractivity contribution in [1.29, 1.82) is 0 Å². The fourth-order valence-corrected chi connectivity index (χ4v) is 2.49. The summed E-state index contributed by atoms with van der Waals surface area (Å²) in [7, 11) is 0. The van der Waals surface area contributed by atoms with Crippen molar-refractivity contribution in [2.75, 3.05) is 31.2 Å². The molecule has 1 aliphatic heterocycles. The van der Waals surface area contributed by atoms with E-state index in [2.05, 4.69) is 10.6 Å². The zero-order chi connectivity index (χ0) is 19.8. The first-order valence-electron chi connectivity index (χ1n) is 8.67. The summed E-state index contributed by atoms with van der Waals surface area (Å²) in [5.41, 5.74) is 0.478. The summed E-state index contributed by atoms with van der Waals surface area (Å²) in [6.07, 6.45) is 0.131. The standard InChI is InChI=1S/C18H23N3O6/c1-3-19-18(25)12(2)20-15(22)11-27-17(24)10-21-13-6-4-5-7-14(13)26-9-8-16(21)23/h4-7,12H,3,8-11H2,1-2H3,(H,19,25)(H,20,22)/t12-/m1/s1. The van der Waals surface area contributed by atoms with E-state index >= 15 is 0 Å². The molecular weight excluding hydrogens is 354 g/mol. The van der Waals surface area contributed by atoms with E-state index in [1.807, 2.05) is 0 Å². The number of carbonyl (C=O) groups excluding carboxylic acids is 4. The highest BCUT2D eigenvalue weighted by Gasteiger charge is 2.26. The molecule has 2 N–H and O–H groups in total. The number of rotatable bonds is 7. The Hall–Kier alpha value is -3.10. The Labute approximate surface area is 157 Å². The van der Waals surface area contributed by atoms with E-state index in [1.54, 1.807) is 31.2 Å². The Morgan fingerprint density at radius 2 is 2.04 bits per heavy atom. The molecule has 0 aromatic heterocycles. The number of hydrogen-bond donors (Lipinski definition) is 2. The van der Waals surface area contributed by atoms with Gasteiger partial charge in [-0.25, -0.2) is 0 Å². The summed E-state index contributed by atoms with van der Waals surface area (Å²) < 4.78 is 10.4. The Morgan fingerprint density at radius 3 is 2.78 bits per heavy atom. The second-order valence-electron chi connectivity index (χ2n) is 5.89. The molecule has 27 heavy (non-hydrogen) atoms. The molecule has 1 atom stereocenters. The first-order valence-corrected chi connectivity index (χ1v) is 8.67. The average molecular weight is 377 g/mol. The summed E-state index contributed by atoms with van der Waals surface area (Å²) in [6, 6.07) is 6.14. The van der Waals surface area contributed by atoms with E-state index in [0.29, 0.717) is 18.0 Å². The lowest BCUT2D eigenvalue weighted by molar-refractivity contribution is -0.148. The monoisotopic (exact) mass is 377 g/mol. The smallest absolute Gasteiger partial charge is 0.326 e. The molecule has 3 amide bonds. The number of nitrogens with zero attached hydrogens (tertiary/aromatic N) is 1. The van der Waals surface area contributed by atoms with Gasteiger partial charge in [0.05, 0.1) is 18.7 Å². The molecule has 9 nitrogen and oxygen atoms in total. The molecule has 1 aromatic carbocycles. The number of ether oxygens (including phenoxy) is 2. The van der Waals surface area contributed by atoms with Gasteiger partial charge in [-0.15, -0.1) is 0 Å². The number of hydrogen-bond acceptors (Lipinski definition) is 6. The summed E-state index contributed by atoms with van der Waals surface area (Å²) in [6.45, 7) is 3.09. The highest BCUT2D eigenvalue weighted by Crippen LogP contribution is 2.30. The third-order valence-electron chi connectivity index (χ3n) is 3.80. The number of anilines is 1. The van der Waals surface area contributed by atoms with E-state index in [-0.39, 0.29) is 31.4 Å². The van der Waals surface area contributed by atoms with Crippen LogP contribution < -0.4 is 20.3 Å². The Morgan fingerprint density at radius 1 is 1.30 bits per heavy atom. The van der Waals surface area contributed by atoms with Crippen LogP contribution in [0.4, 0.5) is 5.69 Å². The lowest BCUT2D eigenvalue weighted by Crippen LogP contribution is -2.46. The molecule has 9 heteroatoms. The van der Waals surface area contributed by atoms with Crippen molar-refractivity contribution in [2.45, 2.75) is 26.3 Å². The molecule has 1 heterocycles. The summed E-state index contributed by atoms with van der Waals surface area (Å²) >= 11 is 0. The first-order chi connectivity index (χ1) is 12.9. The predicted molar refractivity (Wildman–Crippen MR) is 96.2 cm³/mol. The van der Waals surface area contributed by atoms with Crippen LogP contribution in [0.25, 0.3) is 0 Å². The largest absolute Gasteiger partial charge is 0.491 e. The van der Waals surface area contributed by atoms with Crippen LogP contribution in [0.1, 0.15) is 20.3 Å². The van der Waals surface area contributed by atoms with Crippen LogP contribution in [0.2, 0.25) is 0 Å². The van der Waals surface area contributed by atoms with Crippen LogP contribution in [-0.2, 0) is 23.9 Å². The summed E-state index contributed by atoms with van der Waals surface area (Å²) in [4.78, 5) is 49.0. The molecule has 0 radical (unpaired) electrons. The van der Waals surface area contributed by atoms with Crippen molar-refractivity contribution >= 4 is 29.4 Å². The molecule has 0 unspecified atom stereocenters. The van der Waals surface area contributed by atoms with Gasteiger partial charge in [0, 0.05) is 6.54 Å². The van der Waals surface area contributed by atoms with E-state index in [0.717, 1.165) is 0 Å². The topological polar surface area (TPSA) is 114 Å². The van der Waals surface area contributed by atoms with Crippen LogP contribution in [-0.4, -0.2) is 56.0 Å². The molecular formula is C18H23N3O6. The number of carbonyl (C=O) groups is 4. The average Bonchev–Trinajstić information content (AvgIpc) is 2.79. The molecule has 0 saturated carbocycles. The first kappa shape index (κ1) is 20.2. The van der Waals surface area contributed by atoms with Gasteiger partial charge in [0.15, 0.2) is 6.61 Å². The van der Waals surface area contributed by atoms with Crippen LogP contribution in [0, 0.1) is 0 Å². The number of para-hydroxylation sites is 2. The van der Waals surface area contributed by atoms with Crippen LogP contribution in [0.15, 0.2) is 24.3 Å². The minimum Gasteiger partial charge on any atom is -0.491 e.